The van der Waals surface area contributed by atoms with Gasteiger partial charge in [0.15, 0.2) is 5.82 Å². The van der Waals surface area contributed by atoms with Crippen molar-refractivity contribution in [2.24, 2.45) is 7.05 Å². The first-order valence-corrected chi connectivity index (χ1v) is 7.97. The van der Waals surface area contributed by atoms with Gasteiger partial charge in [0.1, 0.15) is 4.90 Å². The van der Waals surface area contributed by atoms with Crippen molar-refractivity contribution >= 4 is 26.6 Å². The van der Waals surface area contributed by atoms with Crippen molar-refractivity contribution in [1.29, 1.82) is 0 Å². The fraction of sp³-hybridized carbons (Fsp3) is 0.625. The minimum Gasteiger partial charge on any atom is -0.381 e. The van der Waals surface area contributed by atoms with E-state index >= 15 is 0 Å². The third-order valence-corrected chi connectivity index (χ3v) is 4.84. The Kier molecular flexibility index (Phi) is 4.66. The molecule has 98 valence electrons. The van der Waals surface area contributed by atoms with Gasteiger partial charge in [-0.25, -0.2) is 13.1 Å². The van der Waals surface area contributed by atoms with E-state index in [-0.39, 0.29) is 23.0 Å². The Balaban J connectivity index is 2.70. The summed E-state index contributed by atoms with van der Waals surface area (Å²) in [6, 6.07) is 0. The molecule has 17 heavy (non-hydrogen) atoms. The number of nitrogens with one attached hydrogen (secondary N) is 1. The summed E-state index contributed by atoms with van der Waals surface area (Å²) in [7, 11) is -3.08. The monoisotopic (exact) mass is 280 g/mol. The number of nitrogens with two attached hydrogens (primary N) is 1. The van der Waals surface area contributed by atoms with Gasteiger partial charge in [0.25, 0.3) is 0 Å². The number of sulfonamides is 1. The molecule has 0 amide bonds. The molecule has 0 radical (unpaired) electrons. The van der Waals surface area contributed by atoms with E-state index in [9.17, 15) is 12.6 Å². The summed E-state index contributed by atoms with van der Waals surface area (Å²) in [6.07, 6.45) is 1.33. The molecule has 1 atom stereocenters. The highest BCUT2D eigenvalue weighted by molar-refractivity contribution is 7.89. The van der Waals surface area contributed by atoms with Gasteiger partial charge in [-0.3, -0.25) is 8.89 Å². The Labute approximate surface area is 103 Å². The molecule has 7 nitrogen and oxygen atoms in total. The first-order valence-electron chi connectivity index (χ1n) is 5.00. The van der Waals surface area contributed by atoms with Crippen LogP contribution in [0.3, 0.4) is 0 Å². The Morgan fingerprint density at radius 1 is 1.59 bits per heavy atom. The van der Waals surface area contributed by atoms with E-state index in [4.69, 9.17) is 5.73 Å². The molecule has 0 aliphatic rings. The van der Waals surface area contributed by atoms with Crippen LogP contribution in [-0.4, -0.2) is 40.5 Å². The normalized spacial score (nSPS) is 13.8. The SMILES string of the molecule is CCS(=O)CCNS(=O)(=O)c1cn(C)nc1N. The Morgan fingerprint density at radius 2 is 2.24 bits per heavy atom. The van der Waals surface area contributed by atoms with E-state index in [0.29, 0.717) is 5.75 Å². The molecule has 0 aliphatic carbocycles. The molecule has 3 N–H and O–H groups in total. The summed E-state index contributed by atoms with van der Waals surface area (Å²) in [4.78, 5) is -0.0534. The summed E-state index contributed by atoms with van der Waals surface area (Å²) < 4.78 is 38.4. The lowest BCUT2D eigenvalue weighted by atomic mass is 10.7. The average molecular weight is 280 g/mol. The zero-order chi connectivity index (χ0) is 13.1. The van der Waals surface area contributed by atoms with Gasteiger partial charge in [-0.2, -0.15) is 5.10 Å². The third-order valence-electron chi connectivity index (χ3n) is 2.06. The number of rotatable bonds is 6. The van der Waals surface area contributed by atoms with Crippen molar-refractivity contribution in [2.75, 3.05) is 23.8 Å². The first kappa shape index (κ1) is 14.1. The minimum absolute atomic E-state index is 0.0448. The molecule has 0 aliphatic heterocycles. The fourth-order valence-electron chi connectivity index (χ4n) is 1.20. The number of nitrogen functional groups attached to an aromatic ring is 1. The maximum Gasteiger partial charge on any atom is 0.245 e. The quantitative estimate of drug-likeness (QED) is 0.698. The van der Waals surface area contributed by atoms with Crippen LogP contribution in [0.15, 0.2) is 11.1 Å². The average Bonchev–Trinajstić information content (AvgIpc) is 2.58. The van der Waals surface area contributed by atoms with E-state index in [2.05, 4.69) is 9.82 Å². The van der Waals surface area contributed by atoms with Crippen LogP contribution in [-0.2, 0) is 27.9 Å². The molecular formula is C8H16N4O3S2. The maximum absolute atomic E-state index is 11.8. The molecule has 0 fully saturated rings. The largest absolute Gasteiger partial charge is 0.381 e. The highest BCUT2D eigenvalue weighted by Crippen LogP contribution is 2.14. The topological polar surface area (TPSA) is 107 Å². The van der Waals surface area contributed by atoms with Gasteiger partial charge in [0.2, 0.25) is 10.0 Å². The summed E-state index contributed by atoms with van der Waals surface area (Å²) >= 11 is 0. The maximum atomic E-state index is 11.8. The van der Waals surface area contributed by atoms with E-state index < -0.39 is 20.8 Å². The molecule has 1 rings (SSSR count). The van der Waals surface area contributed by atoms with Crippen LogP contribution in [0.25, 0.3) is 0 Å². The van der Waals surface area contributed by atoms with Crippen molar-refractivity contribution in [3.63, 3.8) is 0 Å². The number of anilines is 1. The number of hydrogen-bond donors (Lipinski definition) is 2. The van der Waals surface area contributed by atoms with Crippen LogP contribution in [0.2, 0.25) is 0 Å². The zero-order valence-electron chi connectivity index (χ0n) is 9.71. The van der Waals surface area contributed by atoms with Crippen LogP contribution < -0.4 is 10.5 Å². The first-order chi connectivity index (χ1) is 7.86. The Hall–Kier alpha value is -0.930. The zero-order valence-corrected chi connectivity index (χ0v) is 11.3. The predicted octanol–water partition coefficient (Wildman–Crippen LogP) is -0.951. The third kappa shape index (κ3) is 3.79. The molecule has 0 saturated heterocycles. The standard InChI is InChI=1S/C8H16N4O3S2/c1-3-16(13)5-4-10-17(14,15)7-6-12(2)11-8(7)9/h6,10H,3-5H2,1-2H3,(H2,9,11). The minimum atomic E-state index is -3.67. The predicted molar refractivity (Wildman–Crippen MR) is 66.4 cm³/mol. The summed E-state index contributed by atoms with van der Waals surface area (Å²) in [5.74, 6) is 0.753. The van der Waals surface area contributed by atoms with Gasteiger partial charge in [0, 0.05) is 42.1 Å². The molecule has 9 heteroatoms. The van der Waals surface area contributed by atoms with E-state index in [0.717, 1.165) is 0 Å². The molecule has 1 aromatic heterocycles. The van der Waals surface area contributed by atoms with Crippen molar-refractivity contribution < 1.29 is 12.6 Å². The Morgan fingerprint density at radius 3 is 2.71 bits per heavy atom. The molecule has 0 spiro atoms. The molecule has 0 bridgehead atoms. The van der Waals surface area contributed by atoms with Crippen molar-refractivity contribution in [1.82, 2.24) is 14.5 Å². The number of nitrogens with zero attached hydrogens (tertiary/aromatic N) is 2. The summed E-state index contributed by atoms with van der Waals surface area (Å²) in [6.45, 7) is 1.90. The van der Waals surface area contributed by atoms with Gasteiger partial charge >= 0.3 is 0 Å². The second kappa shape index (κ2) is 5.61. The highest BCUT2D eigenvalue weighted by Gasteiger charge is 2.20. The summed E-state index contributed by atoms with van der Waals surface area (Å²) in [5.41, 5.74) is 5.47. The van der Waals surface area contributed by atoms with Gasteiger partial charge in [-0.15, -0.1) is 0 Å². The van der Waals surface area contributed by atoms with Gasteiger partial charge in [-0.05, 0) is 0 Å². The Bertz CT molecular complexity index is 509. The van der Waals surface area contributed by atoms with Crippen molar-refractivity contribution in [2.45, 2.75) is 11.8 Å². The lowest BCUT2D eigenvalue weighted by Gasteiger charge is -2.04. The highest BCUT2D eigenvalue weighted by atomic mass is 32.2. The summed E-state index contributed by atoms with van der Waals surface area (Å²) in [5, 5.41) is 3.75. The molecule has 1 aromatic rings. The van der Waals surface area contributed by atoms with E-state index in [1.807, 2.05) is 0 Å². The van der Waals surface area contributed by atoms with Crippen molar-refractivity contribution in [3.8, 4) is 0 Å². The van der Waals surface area contributed by atoms with Gasteiger partial charge in [-0.1, -0.05) is 6.92 Å². The molecule has 1 unspecified atom stereocenters. The van der Waals surface area contributed by atoms with E-state index in [1.165, 1.54) is 10.9 Å². The lowest BCUT2D eigenvalue weighted by Crippen LogP contribution is -2.28. The molecule has 0 aromatic carbocycles. The van der Waals surface area contributed by atoms with E-state index in [1.54, 1.807) is 14.0 Å². The molecular weight excluding hydrogens is 264 g/mol. The fourth-order valence-corrected chi connectivity index (χ4v) is 3.08. The number of aryl methyl sites for hydroxylation is 1. The van der Waals surface area contributed by atoms with Crippen LogP contribution >= 0.6 is 0 Å². The van der Waals surface area contributed by atoms with Crippen LogP contribution in [0.5, 0.6) is 0 Å². The van der Waals surface area contributed by atoms with Crippen molar-refractivity contribution in [3.05, 3.63) is 6.20 Å². The lowest BCUT2D eigenvalue weighted by molar-refractivity contribution is 0.584. The number of aromatic nitrogens is 2. The van der Waals surface area contributed by atoms with Gasteiger partial charge in [0.05, 0.1) is 0 Å². The second-order valence-electron chi connectivity index (χ2n) is 3.38. The molecule has 1 heterocycles. The smallest absolute Gasteiger partial charge is 0.245 e. The molecule has 0 saturated carbocycles. The van der Waals surface area contributed by atoms with Gasteiger partial charge < -0.3 is 5.73 Å². The van der Waals surface area contributed by atoms with Crippen LogP contribution in [0.4, 0.5) is 5.82 Å². The second-order valence-corrected chi connectivity index (χ2v) is 6.98. The van der Waals surface area contributed by atoms with Crippen LogP contribution in [0, 0.1) is 0 Å². The van der Waals surface area contributed by atoms with Crippen LogP contribution in [0.1, 0.15) is 6.92 Å². The number of hydrogen-bond acceptors (Lipinski definition) is 5.